The van der Waals surface area contributed by atoms with Crippen molar-refractivity contribution in [2.75, 3.05) is 6.54 Å². The van der Waals surface area contributed by atoms with E-state index in [0.717, 1.165) is 11.4 Å². The van der Waals surface area contributed by atoms with Gasteiger partial charge >= 0.3 is 0 Å². The van der Waals surface area contributed by atoms with Crippen molar-refractivity contribution in [1.82, 2.24) is 5.32 Å². The molecular weight excluding hydrogens is 260 g/mol. The number of nitrogens with one attached hydrogen (secondary N) is 1. The highest BCUT2D eigenvalue weighted by atomic mass is 35.5. The lowest BCUT2D eigenvalue weighted by Gasteiger charge is -2.11. The molecule has 0 saturated heterocycles. The predicted octanol–water partition coefficient (Wildman–Crippen LogP) is 2.30. The molecule has 0 spiro atoms. The monoisotopic (exact) mass is 278 g/mol. The third-order valence-corrected chi connectivity index (χ3v) is 4.38. The van der Waals surface area contributed by atoms with Crippen molar-refractivity contribution in [3.05, 3.63) is 34.9 Å². The Morgan fingerprint density at radius 2 is 2.26 bits per heavy atom. The minimum absolute atomic E-state index is 0.102. The van der Waals surface area contributed by atoms with Gasteiger partial charge in [-0.05, 0) is 48.8 Å². The molecule has 0 aromatic heterocycles. The Balaban J connectivity index is 1.50. The summed E-state index contributed by atoms with van der Waals surface area (Å²) < 4.78 is 0. The lowest BCUT2D eigenvalue weighted by molar-refractivity contribution is -0.122. The van der Waals surface area contributed by atoms with E-state index in [9.17, 15) is 4.79 Å². The number of halogens is 1. The molecule has 0 heterocycles. The van der Waals surface area contributed by atoms with E-state index in [-0.39, 0.29) is 17.9 Å². The van der Waals surface area contributed by atoms with Gasteiger partial charge in [-0.1, -0.05) is 23.7 Å². The lowest BCUT2D eigenvalue weighted by atomic mass is 10.1. The van der Waals surface area contributed by atoms with E-state index in [1.165, 1.54) is 18.4 Å². The highest BCUT2D eigenvalue weighted by molar-refractivity contribution is 6.30. The van der Waals surface area contributed by atoms with Crippen LogP contribution in [0.3, 0.4) is 0 Å². The average Bonchev–Trinajstić information content (AvgIpc) is 3.28. The van der Waals surface area contributed by atoms with Crippen molar-refractivity contribution in [3.8, 4) is 0 Å². The van der Waals surface area contributed by atoms with Gasteiger partial charge < -0.3 is 11.1 Å². The summed E-state index contributed by atoms with van der Waals surface area (Å²) in [7, 11) is 0. The molecule has 19 heavy (non-hydrogen) atoms. The van der Waals surface area contributed by atoms with E-state index < -0.39 is 0 Å². The lowest BCUT2D eigenvalue weighted by Crippen LogP contribution is -2.39. The SMILES string of the molecule is NC(CNC(=O)C1CC1c1cccc(Cl)c1)C1CC1. The topological polar surface area (TPSA) is 55.1 Å². The van der Waals surface area contributed by atoms with Gasteiger partial charge in [0.1, 0.15) is 0 Å². The van der Waals surface area contributed by atoms with Crippen molar-refractivity contribution in [2.45, 2.75) is 31.2 Å². The second-order valence-electron chi connectivity index (χ2n) is 5.75. The molecule has 1 aromatic carbocycles. The van der Waals surface area contributed by atoms with E-state index in [2.05, 4.69) is 5.32 Å². The molecule has 2 saturated carbocycles. The molecule has 3 unspecified atom stereocenters. The first kappa shape index (κ1) is 12.9. The summed E-state index contributed by atoms with van der Waals surface area (Å²) in [5.41, 5.74) is 7.15. The van der Waals surface area contributed by atoms with Gasteiger partial charge in [-0.25, -0.2) is 0 Å². The van der Waals surface area contributed by atoms with E-state index in [4.69, 9.17) is 17.3 Å². The number of benzene rings is 1. The number of nitrogens with two attached hydrogens (primary N) is 1. The number of carbonyl (C=O) groups is 1. The number of hydrogen-bond donors (Lipinski definition) is 2. The molecule has 3 rings (SSSR count). The third-order valence-electron chi connectivity index (χ3n) is 4.14. The third kappa shape index (κ3) is 3.10. The highest BCUT2D eigenvalue weighted by Gasteiger charge is 2.44. The Hall–Kier alpha value is -1.06. The summed E-state index contributed by atoms with van der Waals surface area (Å²) >= 11 is 5.97. The Morgan fingerprint density at radius 1 is 1.47 bits per heavy atom. The maximum absolute atomic E-state index is 12.0. The van der Waals surface area contributed by atoms with Crippen molar-refractivity contribution >= 4 is 17.5 Å². The maximum Gasteiger partial charge on any atom is 0.223 e. The van der Waals surface area contributed by atoms with Gasteiger partial charge in [-0.15, -0.1) is 0 Å². The minimum atomic E-state index is 0.102. The molecule has 2 aliphatic carbocycles. The van der Waals surface area contributed by atoms with E-state index in [0.29, 0.717) is 18.4 Å². The van der Waals surface area contributed by atoms with E-state index in [1.807, 2.05) is 24.3 Å². The summed E-state index contributed by atoms with van der Waals surface area (Å²) in [6.07, 6.45) is 3.35. The first-order valence-corrected chi connectivity index (χ1v) is 7.31. The van der Waals surface area contributed by atoms with Crippen LogP contribution >= 0.6 is 11.6 Å². The smallest absolute Gasteiger partial charge is 0.223 e. The molecule has 2 aliphatic rings. The Labute approximate surface area is 118 Å². The van der Waals surface area contributed by atoms with Gasteiger partial charge in [0.25, 0.3) is 0 Å². The molecule has 2 fully saturated rings. The quantitative estimate of drug-likeness (QED) is 0.868. The van der Waals surface area contributed by atoms with Crippen LogP contribution in [-0.4, -0.2) is 18.5 Å². The van der Waals surface area contributed by atoms with Gasteiger partial charge in [0.05, 0.1) is 0 Å². The second kappa shape index (κ2) is 5.14. The first-order valence-electron chi connectivity index (χ1n) is 6.94. The minimum Gasteiger partial charge on any atom is -0.354 e. The standard InChI is InChI=1S/C15H19ClN2O/c16-11-3-1-2-10(6-11)12-7-13(12)15(19)18-8-14(17)9-4-5-9/h1-3,6,9,12-14H,4-5,7-8,17H2,(H,18,19). The molecule has 1 aromatic rings. The highest BCUT2D eigenvalue weighted by Crippen LogP contribution is 2.47. The van der Waals surface area contributed by atoms with Crippen LogP contribution in [0.15, 0.2) is 24.3 Å². The van der Waals surface area contributed by atoms with Crippen LogP contribution in [-0.2, 0) is 4.79 Å². The predicted molar refractivity (Wildman–Crippen MR) is 76.0 cm³/mol. The molecular formula is C15H19ClN2O. The molecule has 0 radical (unpaired) electrons. The van der Waals surface area contributed by atoms with Crippen molar-refractivity contribution < 1.29 is 4.79 Å². The fraction of sp³-hybridized carbons (Fsp3) is 0.533. The van der Waals surface area contributed by atoms with Crippen molar-refractivity contribution in [3.63, 3.8) is 0 Å². The van der Waals surface area contributed by atoms with Gasteiger partial charge in [-0.2, -0.15) is 0 Å². The van der Waals surface area contributed by atoms with E-state index in [1.54, 1.807) is 0 Å². The van der Waals surface area contributed by atoms with Gasteiger partial charge in [0, 0.05) is 23.5 Å². The van der Waals surface area contributed by atoms with Crippen LogP contribution in [0.25, 0.3) is 0 Å². The summed E-state index contributed by atoms with van der Waals surface area (Å²) in [4.78, 5) is 12.0. The van der Waals surface area contributed by atoms with Crippen LogP contribution < -0.4 is 11.1 Å². The van der Waals surface area contributed by atoms with Crippen LogP contribution in [0.2, 0.25) is 5.02 Å². The van der Waals surface area contributed by atoms with Crippen molar-refractivity contribution in [1.29, 1.82) is 0 Å². The number of amides is 1. The summed E-state index contributed by atoms with van der Waals surface area (Å²) in [5, 5.41) is 3.72. The summed E-state index contributed by atoms with van der Waals surface area (Å²) in [5.74, 6) is 1.20. The molecule has 1 amide bonds. The van der Waals surface area contributed by atoms with Crippen LogP contribution in [0.1, 0.15) is 30.7 Å². The molecule has 0 aliphatic heterocycles. The molecule has 102 valence electrons. The van der Waals surface area contributed by atoms with E-state index >= 15 is 0 Å². The zero-order valence-electron chi connectivity index (χ0n) is 10.8. The van der Waals surface area contributed by atoms with Crippen LogP contribution in [0, 0.1) is 11.8 Å². The summed E-state index contributed by atoms with van der Waals surface area (Å²) in [6, 6.07) is 7.92. The molecule has 3 nitrogen and oxygen atoms in total. The van der Waals surface area contributed by atoms with Crippen LogP contribution in [0.4, 0.5) is 0 Å². The maximum atomic E-state index is 12.0. The number of carbonyl (C=O) groups excluding carboxylic acids is 1. The van der Waals surface area contributed by atoms with Crippen LogP contribution in [0.5, 0.6) is 0 Å². The fourth-order valence-corrected chi connectivity index (χ4v) is 2.83. The zero-order chi connectivity index (χ0) is 13.4. The molecule has 3 atom stereocenters. The largest absolute Gasteiger partial charge is 0.354 e. The fourth-order valence-electron chi connectivity index (χ4n) is 2.63. The zero-order valence-corrected chi connectivity index (χ0v) is 11.6. The van der Waals surface area contributed by atoms with Gasteiger partial charge in [-0.3, -0.25) is 4.79 Å². The second-order valence-corrected chi connectivity index (χ2v) is 6.19. The normalized spacial score (nSPS) is 26.8. The first-order chi connectivity index (χ1) is 9.15. The summed E-state index contributed by atoms with van der Waals surface area (Å²) in [6.45, 7) is 0.613. The van der Waals surface area contributed by atoms with Gasteiger partial charge in [0.2, 0.25) is 5.91 Å². The molecule has 3 N–H and O–H groups in total. The molecule has 4 heteroatoms. The average molecular weight is 279 g/mol. The number of hydrogen-bond acceptors (Lipinski definition) is 2. The number of rotatable bonds is 5. The Kier molecular flexibility index (Phi) is 3.50. The van der Waals surface area contributed by atoms with Crippen molar-refractivity contribution in [2.24, 2.45) is 17.6 Å². The Morgan fingerprint density at radius 3 is 2.95 bits per heavy atom. The molecule has 0 bridgehead atoms. The Bertz CT molecular complexity index is 487. The van der Waals surface area contributed by atoms with Gasteiger partial charge in [0.15, 0.2) is 0 Å².